The predicted octanol–water partition coefficient (Wildman–Crippen LogP) is 5.51. The number of rotatable bonds is 7. The molecule has 1 N–H and O–H groups in total. The minimum Gasteiger partial charge on any atom is -0.508 e. The molecule has 3 aromatic carbocycles. The fourth-order valence-corrected chi connectivity index (χ4v) is 5.86. The molecular formula is C22H23O3P. The first-order valence-electron chi connectivity index (χ1n) is 8.79. The van der Waals surface area contributed by atoms with Gasteiger partial charge in [0.15, 0.2) is 0 Å². The van der Waals surface area contributed by atoms with Gasteiger partial charge >= 0.3 is 0 Å². The second kappa shape index (κ2) is 8.35. The minimum absolute atomic E-state index is 0.123. The van der Waals surface area contributed by atoms with Crippen molar-refractivity contribution in [3.8, 4) is 5.75 Å². The van der Waals surface area contributed by atoms with Crippen molar-refractivity contribution in [2.24, 2.45) is 0 Å². The monoisotopic (exact) mass is 366 g/mol. The van der Waals surface area contributed by atoms with Crippen LogP contribution in [0.15, 0.2) is 84.9 Å². The molecule has 0 saturated heterocycles. The fraction of sp³-hybridized carbons (Fsp3) is 0.182. The Hall–Kier alpha value is -2.35. The van der Waals surface area contributed by atoms with Crippen molar-refractivity contribution in [2.75, 3.05) is 6.61 Å². The molecule has 26 heavy (non-hydrogen) atoms. The number of hydrogen-bond donors (Lipinski definition) is 1. The van der Waals surface area contributed by atoms with Crippen LogP contribution in [-0.2, 0) is 9.09 Å². The van der Waals surface area contributed by atoms with Crippen molar-refractivity contribution in [1.82, 2.24) is 0 Å². The van der Waals surface area contributed by atoms with Crippen molar-refractivity contribution in [1.29, 1.82) is 0 Å². The molecule has 0 fully saturated rings. The lowest BCUT2D eigenvalue weighted by molar-refractivity contribution is 0.315. The average Bonchev–Trinajstić information content (AvgIpc) is 2.69. The minimum atomic E-state index is -3.33. The third-order valence-electron chi connectivity index (χ3n) is 4.29. The summed E-state index contributed by atoms with van der Waals surface area (Å²) in [5.74, 6) is 0.123. The van der Waals surface area contributed by atoms with E-state index >= 15 is 0 Å². The highest BCUT2D eigenvalue weighted by atomic mass is 31.2. The van der Waals surface area contributed by atoms with E-state index in [1.807, 2.05) is 79.7 Å². The van der Waals surface area contributed by atoms with Gasteiger partial charge in [0, 0.05) is 10.9 Å². The molecule has 3 nitrogen and oxygen atoms in total. The second-order valence-corrected chi connectivity index (χ2v) is 8.62. The van der Waals surface area contributed by atoms with E-state index < -0.39 is 13.0 Å². The molecule has 0 aliphatic carbocycles. The lowest BCUT2D eigenvalue weighted by Crippen LogP contribution is -2.16. The molecule has 0 amide bonds. The maximum atomic E-state index is 14.3. The Bertz CT molecular complexity index is 878. The third-order valence-corrected chi connectivity index (χ3v) is 7.13. The van der Waals surface area contributed by atoms with E-state index in [1.165, 1.54) is 0 Å². The smallest absolute Gasteiger partial charge is 0.243 e. The molecule has 3 aromatic rings. The zero-order valence-corrected chi connectivity index (χ0v) is 15.7. The first-order valence-corrected chi connectivity index (χ1v) is 10.5. The van der Waals surface area contributed by atoms with E-state index in [0.29, 0.717) is 17.5 Å². The van der Waals surface area contributed by atoms with Gasteiger partial charge in [-0.3, -0.25) is 4.57 Å². The molecule has 0 bridgehead atoms. The van der Waals surface area contributed by atoms with Gasteiger partial charge < -0.3 is 9.63 Å². The Morgan fingerprint density at radius 1 is 0.885 bits per heavy atom. The molecular weight excluding hydrogens is 343 g/mol. The van der Waals surface area contributed by atoms with Gasteiger partial charge in [-0.25, -0.2) is 0 Å². The highest BCUT2D eigenvalue weighted by Gasteiger charge is 2.39. The number of phenols is 1. The highest BCUT2D eigenvalue weighted by Crippen LogP contribution is 2.63. The molecule has 0 saturated carbocycles. The van der Waals surface area contributed by atoms with Gasteiger partial charge in [0.1, 0.15) is 5.75 Å². The van der Waals surface area contributed by atoms with Gasteiger partial charge in [-0.1, -0.05) is 73.7 Å². The fourth-order valence-electron chi connectivity index (χ4n) is 3.07. The van der Waals surface area contributed by atoms with Gasteiger partial charge in [0.2, 0.25) is 7.37 Å². The number of benzene rings is 3. The normalized spacial score (nSPS) is 14.5. The maximum Gasteiger partial charge on any atom is 0.243 e. The number of para-hydroxylation sites is 1. The Morgan fingerprint density at radius 2 is 1.46 bits per heavy atom. The number of phenolic OH excluding ortho intramolecular Hbond substituents is 1. The topological polar surface area (TPSA) is 46.5 Å². The summed E-state index contributed by atoms with van der Waals surface area (Å²) in [5, 5.41) is 11.2. The van der Waals surface area contributed by atoms with Crippen LogP contribution in [0.3, 0.4) is 0 Å². The molecule has 0 heterocycles. The van der Waals surface area contributed by atoms with Crippen LogP contribution in [0.4, 0.5) is 0 Å². The van der Waals surface area contributed by atoms with Gasteiger partial charge in [-0.15, -0.1) is 0 Å². The first kappa shape index (κ1) is 18.4. The van der Waals surface area contributed by atoms with Gasteiger partial charge in [-0.05, 0) is 30.2 Å². The average molecular weight is 366 g/mol. The van der Waals surface area contributed by atoms with Crippen LogP contribution in [0.1, 0.15) is 30.1 Å². The summed E-state index contributed by atoms with van der Waals surface area (Å²) in [6, 6.07) is 26.0. The lowest BCUT2D eigenvalue weighted by Gasteiger charge is -2.29. The number of hydrogen-bond acceptors (Lipinski definition) is 3. The van der Waals surface area contributed by atoms with E-state index in [1.54, 1.807) is 12.1 Å². The van der Waals surface area contributed by atoms with Crippen molar-refractivity contribution >= 4 is 12.7 Å². The zero-order chi connectivity index (χ0) is 18.4. The molecule has 2 atom stereocenters. The molecule has 2 unspecified atom stereocenters. The summed E-state index contributed by atoms with van der Waals surface area (Å²) in [7, 11) is -3.33. The first-order chi connectivity index (χ1) is 12.7. The molecule has 0 aromatic heterocycles. The predicted molar refractivity (Wildman–Crippen MR) is 106 cm³/mol. The summed E-state index contributed by atoms with van der Waals surface area (Å²) in [6.07, 6.45) is 0.763. The van der Waals surface area contributed by atoms with Crippen LogP contribution in [0.5, 0.6) is 5.75 Å². The summed E-state index contributed by atoms with van der Waals surface area (Å²) in [6.45, 7) is 2.38. The lowest BCUT2D eigenvalue weighted by atomic mass is 10.0. The largest absolute Gasteiger partial charge is 0.508 e. The number of aromatic hydroxyl groups is 1. The van der Waals surface area contributed by atoms with E-state index in [4.69, 9.17) is 4.52 Å². The molecule has 0 aliphatic heterocycles. The Labute approximate surface area is 154 Å². The van der Waals surface area contributed by atoms with Crippen LogP contribution < -0.4 is 5.30 Å². The van der Waals surface area contributed by atoms with E-state index in [-0.39, 0.29) is 5.75 Å². The molecule has 0 spiro atoms. The zero-order valence-electron chi connectivity index (χ0n) is 14.8. The Morgan fingerprint density at radius 3 is 2.08 bits per heavy atom. The Balaban J connectivity index is 2.23. The SMILES string of the molecule is CCCOP(=O)(c1ccccc1)C(c1ccccc1)c1ccccc1O. The summed E-state index contributed by atoms with van der Waals surface area (Å²) < 4.78 is 20.3. The molecule has 0 radical (unpaired) electrons. The van der Waals surface area contributed by atoms with Crippen LogP contribution in [-0.4, -0.2) is 11.7 Å². The molecule has 134 valence electrons. The highest BCUT2D eigenvalue weighted by molar-refractivity contribution is 7.67. The molecule has 4 heteroatoms. The summed E-state index contributed by atoms with van der Waals surface area (Å²) in [5.41, 5.74) is 0.901. The third kappa shape index (κ3) is 3.75. The summed E-state index contributed by atoms with van der Waals surface area (Å²) >= 11 is 0. The molecule has 0 aliphatic rings. The Kier molecular flexibility index (Phi) is 5.92. The summed E-state index contributed by atoms with van der Waals surface area (Å²) in [4.78, 5) is 0. The van der Waals surface area contributed by atoms with Crippen molar-refractivity contribution in [2.45, 2.75) is 19.0 Å². The van der Waals surface area contributed by atoms with Gasteiger partial charge in [0.05, 0.1) is 12.3 Å². The van der Waals surface area contributed by atoms with Crippen molar-refractivity contribution < 1.29 is 14.2 Å². The van der Waals surface area contributed by atoms with Crippen molar-refractivity contribution in [3.63, 3.8) is 0 Å². The quantitative estimate of drug-likeness (QED) is 0.561. The van der Waals surface area contributed by atoms with E-state index in [0.717, 1.165) is 12.0 Å². The van der Waals surface area contributed by atoms with Crippen LogP contribution in [0.2, 0.25) is 0 Å². The van der Waals surface area contributed by atoms with E-state index in [2.05, 4.69) is 0 Å². The van der Waals surface area contributed by atoms with Crippen molar-refractivity contribution in [3.05, 3.63) is 96.1 Å². The van der Waals surface area contributed by atoms with Gasteiger partial charge in [-0.2, -0.15) is 0 Å². The van der Waals surface area contributed by atoms with Crippen LogP contribution in [0, 0.1) is 0 Å². The van der Waals surface area contributed by atoms with E-state index in [9.17, 15) is 9.67 Å². The second-order valence-electron chi connectivity index (χ2n) is 6.14. The van der Waals surface area contributed by atoms with Crippen LogP contribution in [0.25, 0.3) is 0 Å². The maximum absolute atomic E-state index is 14.3. The molecule has 3 rings (SSSR count). The van der Waals surface area contributed by atoms with Gasteiger partial charge in [0.25, 0.3) is 0 Å². The standard InChI is InChI=1S/C22H23O3P/c1-2-17-25-26(24,19-13-7-4-8-14-19)22(18-11-5-3-6-12-18)20-15-9-10-16-21(20)23/h3-16,22-23H,2,17H2,1H3. The van der Waals surface area contributed by atoms with Crippen LogP contribution >= 0.6 is 7.37 Å².